The monoisotopic (exact) mass is 255 g/mol. The van der Waals surface area contributed by atoms with Gasteiger partial charge < -0.3 is 4.90 Å². The van der Waals surface area contributed by atoms with Gasteiger partial charge in [-0.05, 0) is 24.5 Å². The molecule has 4 nitrogen and oxygen atoms in total. The standard InChI is InChI=1S/C15H17N3O/c1-17-11-9-13(16-17)15(19)18-10-5-8-14(18)12-6-3-2-4-7-12/h2-4,6-7,9,11,14H,5,8,10H2,1H3. The summed E-state index contributed by atoms with van der Waals surface area (Å²) < 4.78 is 1.67. The molecule has 1 unspecified atom stereocenters. The third kappa shape index (κ3) is 2.26. The maximum atomic E-state index is 12.5. The first-order chi connectivity index (χ1) is 9.25. The molecule has 1 saturated heterocycles. The van der Waals surface area contributed by atoms with Crippen molar-refractivity contribution in [2.75, 3.05) is 6.54 Å². The van der Waals surface area contributed by atoms with Crippen molar-refractivity contribution >= 4 is 5.91 Å². The number of nitrogens with zero attached hydrogens (tertiary/aromatic N) is 3. The summed E-state index contributed by atoms with van der Waals surface area (Å²) in [5, 5.41) is 4.21. The number of carbonyl (C=O) groups excluding carboxylic acids is 1. The normalized spacial score (nSPS) is 18.8. The van der Waals surface area contributed by atoms with Crippen LogP contribution >= 0.6 is 0 Å². The molecule has 2 aromatic rings. The number of benzene rings is 1. The largest absolute Gasteiger partial charge is 0.330 e. The fourth-order valence-electron chi connectivity index (χ4n) is 2.71. The van der Waals surface area contributed by atoms with E-state index in [1.54, 1.807) is 16.9 Å². The van der Waals surface area contributed by atoms with Gasteiger partial charge in [-0.25, -0.2) is 0 Å². The van der Waals surface area contributed by atoms with Gasteiger partial charge in [0.1, 0.15) is 5.69 Å². The molecule has 0 N–H and O–H groups in total. The van der Waals surface area contributed by atoms with E-state index in [-0.39, 0.29) is 11.9 Å². The molecule has 1 fully saturated rings. The van der Waals surface area contributed by atoms with Gasteiger partial charge in [0.15, 0.2) is 0 Å². The number of rotatable bonds is 2. The molecular weight excluding hydrogens is 238 g/mol. The average molecular weight is 255 g/mol. The lowest BCUT2D eigenvalue weighted by atomic mass is 10.0. The Morgan fingerprint density at radius 3 is 2.74 bits per heavy atom. The first kappa shape index (κ1) is 12.0. The molecule has 1 aromatic carbocycles. The van der Waals surface area contributed by atoms with Crippen molar-refractivity contribution in [2.24, 2.45) is 7.05 Å². The Balaban J connectivity index is 1.86. The van der Waals surface area contributed by atoms with Crippen LogP contribution in [-0.4, -0.2) is 27.1 Å². The van der Waals surface area contributed by atoms with Crippen LogP contribution in [0.4, 0.5) is 0 Å². The fraction of sp³-hybridized carbons (Fsp3) is 0.333. The molecule has 1 aliphatic heterocycles. The van der Waals surface area contributed by atoms with Crippen LogP contribution in [0.2, 0.25) is 0 Å². The Bertz CT molecular complexity index is 576. The predicted octanol–water partition coefficient (Wildman–Crippen LogP) is 2.40. The highest BCUT2D eigenvalue weighted by Gasteiger charge is 2.31. The average Bonchev–Trinajstić information content (AvgIpc) is 3.07. The number of aromatic nitrogens is 2. The summed E-state index contributed by atoms with van der Waals surface area (Å²) in [5.41, 5.74) is 1.75. The van der Waals surface area contributed by atoms with Gasteiger partial charge in [-0.15, -0.1) is 0 Å². The van der Waals surface area contributed by atoms with E-state index in [0.29, 0.717) is 5.69 Å². The molecule has 1 aromatic heterocycles. The maximum absolute atomic E-state index is 12.5. The molecule has 0 radical (unpaired) electrons. The summed E-state index contributed by atoms with van der Waals surface area (Å²) in [6.07, 6.45) is 3.89. The van der Waals surface area contributed by atoms with Crippen LogP contribution in [0.3, 0.4) is 0 Å². The molecule has 98 valence electrons. The summed E-state index contributed by atoms with van der Waals surface area (Å²) >= 11 is 0. The van der Waals surface area contributed by atoms with Gasteiger partial charge >= 0.3 is 0 Å². The Morgan fingerprint density at radius 1 is 1.26 bits per heavy atom. The molecule has 3 rings (SSSR count). The van der Waals surface area contributed by atoms with Crippen molar-refractivity contribution in [3.8, 4) is 0 Å². The number of hydrogen-bond donors (Lipinski definition) is 0. The highest BCUT2D eigenvalue weighted by atomic mass is 16.2. The van der Waals surface area contributed by atoms with Crippen LogP contribution in [0.1, 0.15) is 34.9 Å². The Morgan fingerprint density at radius 2 is 2.05 bits per heavy atom. The van der Waals surface area contributed by atoms with Gasteiger partial charge in [0.05, 0.1) is 6.04 Å². The first-order valence-corrected chi connectivity index (χ1v) is 6.61. The van der Waals surface area contributed by atoms with Crippen molar-refractivity contribution in [3.05, 3.63) is 53.9 Å². The third-order valence-electron chi connectivity index (χ3n) is 3.63. The quantitative estimate of drug-likeness (QED) is 0.826. The summed E-state index contributed by atoms with van der Waals surface area (Å²) in [6.45, 7) is 0.814. The van der Waals surface area contributed by atoms with E-state index in [0.717, 1.165) is 19.4 Å². The van der Waals surface area contributed by atoms with Gasteiger partial charge in [0.2, 0.25) is 0 Å². The van der Waals surface area contributed by atoms with Gasteiger partial charge in [0, 0.05) is 19.8 Å². The molecule has 0 saturated carbocycles. The smallest absolute Gasteiger partial charge is 0.274 e. The minimum Gasteiger partial charge on any atom is -0.330 e. The number of carbonyl (C=O) groups is 1. The van der Waals surface area contributed by atoms with Crippen LogP contribution in [0.15, 0.2) is 42.6 Å². The molecule has 0 aliphatic carbocycles. The number of likely N-dealkylation sites (tertiary alicyclic amines) is 1. The first-order valence-electron chi connectivity index (χ1n) is 6.61. The second-order valence-electron chi connectivity index (χ2n) is 4.94. The van der Waals surface area contributed by atoms with Crippen molar-refractivity contribution in [1.29, 1.82) is 0 Å². The molecular formula is C15H17N3O. The fourth-order valence-corrected chi connectivity index (χ4v) is 2.71. The van der Waals surface area contributed by atoms with Crippen molar-refractivity contribution < 1.29 is 4.79 Å². The van der Waals surface area contributed by atoms with E-state index < -0.39 is 0 Å². The van der Waals surface area contributed by atoms with Crippen molar-refractivity contribution in [3.63, 3.8) is 0 Å². The van der Waals surface area contributed by atoms with Gasteiger partial charge in [-0.2, -0.15) is 5.10 Å². The zero-order valence-corrected chi connectivity index (χ0v) is 11.0. The van der Waals surface area contributed by atoms with Crippen LogP contribution in [0.25, 0.3) is 0 Å². The van der Waals surface area contributed by atoms with E-state index in [4.69, 9.17) is 0 Å². The Labute approximate surface area is 112 Å². The lowest BCUT2D eigenvalue weighted by Gasteiger charge is -2.24. The summed E-state index contributed by atoms with van der Waals surface area (Å²) in [7, 11) is 1.83. The summed E-state index contributed by atoms with van der Waals surface area (Å²) in [6, 6.07) is 12.2. The predicted molar refractivity (Wildman–Crippen MR) is 72.7 cm³/mol. The molecule has 4 heteroatoms. The van der Waals surface area contributed by atoms with Gasteiger partial charge in [0.25, 0.3) is 5.91 Å². The van der Waals surface area contributed by atoms with E-state index in [9.17, 15) is 4.79 Å². The molecule has 2 heterocycles. The van der Waals surface area contributed by atoms with Crippen molar-refractivity contribution in [2.45, 2.75) is 18.9 Å². The molecule has 19 heavy (non-hydrogen) atoms. The lowest BCUT2D eigenvalue weighted by molar-refractivity contribution is 0.0729. The van der Waals surface area contributed by atoms with Crippen LogP contribution < -0.4 is 0 Å². The molecule has 1 aliphatic rings. The van der Waals surface area contributed by atoms with Gasteiger partial charge in [-0.3, -0.25) is 9.48 Å². The molecule has 1 atom stereocenters. The lowest BCUT2D eigenvalue weighted by Crippen LogP contribution is -2.30. The van der Waals surface area contributed by atoms with Crippen molar-refractivity contribution in [1.82, 2.24) is 14.7 Å². The molecule has 0 spiro atoms. The molecule has 0 bridgehead atoms. The highest BCUT2D eigenvalue weighted by molar-refractivity contribution is 5.92. The Hall–Kier alpha value is -2.10. The van der Waals surface area contributed by atoms with E-state index in [1.165, 1.54) is 5.56 Å². The third-order valence-corrected chi connectivity index (χ3v) is 3.63. The van der Waals surface area contributed by atoms with Crippen LogP contribution in [0.5, 0.6) is 0 Å². The zero-order valence-electron chi connectivity index (χ0n) is 11.0. The Kier molecular flexibility index (Phi) is 3.07. The number of amides is 1. The number of aryl methyl sites for hydroxylation is 1. The number of hydrogen-bond acceptors (Lipinski definition) is 2. The van der Waals surface area contributed by atoms with Crippen LogP contribution in [-0.2, 0) is 7.05 Å². The minimum atomic E-state index is 0.0342. The molecule has 1 amide bonds. The topological polar surface area (TPSA) is 38.1 Å². The zero-order chi connectivity index (χ0) is 13.2. The second-order valence-corrected chi connectivity index (χ2v) is 4.94. The summed E-state index contributed by atoms with van der Waals surface area (Å²) in [5.74, 6) is 0.0342. The van der Waals surface area contributed by atoms with Crippen LogP contribution in [0, 0.1) is 0 Å². The highest BCUT2D eigenvalue weighted by Crippen LogP contribution is 2.32. The van der Waals surface area contributed by atoms with E-state index >= 15 is 0 Å². The van der Waals surface area contributed by atoms with E-state index in [1.807, 2.05) is 30.1 Å². The summed E-state index contributed by atoms with van der Waals surface area (Å²) in [4.78, 5) is 14.4. The van der Waals surface area contributed by atoms with E-state index in [2.05, 4.69) is 17.2 Å². The SMILES string of the molecule is Cn1ccc(C(=O)N2CCCC2c2ccccc2)n1. The second kappa shape index (κ2) is 4.88. The van der Waals surface area contributed by atoms with Gasteiger partial charge in [-0.1, -0.05) is 30.3 Å². The minimum absolute atomic E-state index is 0.0342. The maximum Gasteiger partial charge on any atom is 0.274 e.